The lowest BCUT2D eigenvalue weighted by Gasteiger charge is -2.00. The first-order chi connectivity index (χ1) is 6.26. The van der Waals surface area contributed by atoms with Gasteiger partial charge < -0.3 is 4.74 Å². The first-order valence-corrected chi connectivity index (χ1v) is 3.92. The van der Waals surface area contributed by atoms with Crippen molar-refractivity contribution in [3.63, 3.8) is 0 Å². The number of hydrogen-bond donors (Lipinski definition) is 0. The van der Waals surface area contributed by atoms with Crippen molar-refractivity contribution in [1.29, 1.82) is 0 Å². The van der Waals surface area contributed by atoms with E-state index in [1.54, 1.807) is 19.2 Å². The molecule has 0 saturated heterocycles. The molecule has 0 N–H and O–H groups in total. The minimum atomic E-state index is -0.311. The monoisotopic (exact) mass is 178 g/mol. The van der Waals surface area contributed by atoms with Crippen molar-refractivity contribution in [3.8, 4) is 12.3 Å². The predicted octanol–water partition coefficient (Wildman–Crippen LogP) is 0.427. The summed E-state index contributed by atoms with van der Waals surface area (Å²) < 4.78 is 6.19. The first-order valence-electron chi connectivity index (χ1n) is 3.92. The molecule has 0 aliphatic rings. The summed E-state index contributed by atoms with van der Waals surface area (Å²) in [6, 6.07) is 1.67. The standard InChI is InChI=1S/C9H10N2O2/c1-3-8-5-6-11(10-8)7-9(12)13-4-2/h1,5-6H,4,7H2,2H3. The van der Waals surface area contributed by atoms with E-state index in [0.29, 0.717) is 12.3 Å². The van der Waals surface area contributed by atoms with Crippen LogP contribution in [0.25, 0.3) is 0 Å². The largest absolute Gasteiger partial charge is 0.465 e. The molecule has 0 aromatic carbocycles. The zero-order valence-electron chi connectivity index (χ0n) is 7.36. The molecule has 0 fully saturated rings. The molecule has 0 aliphatic heterocycles. The van der Waals surface area contributed by atoms with Gasteiger partial charge in [0.1, 0.15) is 12.2 Å². The van der Waals surface area contributed by atoms with Gasteiger partial charge in [0.25, 0.3) is 0 Å². The highest BCUT2D eigenvalue weighted by Gasteiger charge is 2.03. The van der Waals surface area contributed by atoms with Crippen LogP contribution in [0.4, 0.5) is 0 Å². The average Bonchev–Trinajstić information content (AvgIpc) is 2.52. The lowest BCUT2D eigenvalue weighted by molar-refractivity contribution is -0.144. The lowest BCUT2D eigenvalue weighted by Crippen LogP contribution is -2.13. The van der Waals surface area contributed by atoms with E-state index >= 15 is 0 Å². The Hall–Kier alpha value is -1.76. The molecule has 0 amide bonds. The van der Waals surface area contributed by atoms with Crippen molar-refractivity contribution in [2.24, 2.45) is 0 Å². The quantitative estimate of drug-likeness (QED) is 0.498. The third-order valence-electron chi connectivity index (χ3n) is 1.38. The fraction of sp³-hybridized carbons (Fsp3) is 0.333. The van der Waals surface area contributed by atoms with Gasteiger partial charge in [0.05, 0.1) is 6.61 Å². The van der Waals surface area contributed by atoms with Gasteiger partial charge >= 0.3 is 5.97 Å². The van der Waals surface area contributed by atoms with E-state index in [1.165, 1.54) is 4.68 Å². The van der Waals surface area contributed by atoms with Crippen LogP contribution in [0.5, 0.6) is 0 Å². The van der Waals surface area contributed by atoms with Crippen LogP contribution in [0.15, 0.2) is 12.3 Å². The molecule has 68 valence electrons. The smallest absolute Gasteiger partial charge is 0.327 e. The van der Waals surface area contributed by atoms with Gasteiger partial charge in [-0.25, -0.2) is 0 Å². The van der Waals surface area contributed by atoms with Crippen molar-refractivity contribution >= 4 is 5.97 Å². The van der Waals surface area contributed by atoms with Crippen LogP contribution in [0.3, 0.4) is 0 Å². The van der Waals surface area contributed by atoms with Gasteiger partial charge in [0, 0.05) is 6.20 Å². The van der Waals surface area contributed by atoms with Crippen molar-refractivity contribution in [2.45, 2.75) is 13.5 Å². The Morgan fingerprint density at radius 3 is 3.15 bits per heavy atom. The number of terminal acetylenes is 1. The van der Waals surface area contributed by atoms with Crippen LogP contribution < -0.4 is 0 Å². The van der Waals surface area contributed by atoms with Gasteiger partial charge in [-0.1, -0.05) is 0 Å². The first kappa shape index (κ1) is 9.33. The lowest BCUT2D eigenvalue weighted by atomic mass is 10.5. The highest BCUT2D eigenvalue weighted by Crippen LogP contribution is 1.93. The van der Waals surface area contributed by atoms with Gasteiger partial charge in [-0.05, 0) is 18.9 Å². The molecule has 0 aliphatic carbocycles. The highest BCUT2D eigenvalue weighted by atomic mass is 16.5. The molecule has 13 heavy (non-hydrogen) atoms. The molecule has 0 atom stereocenters. The van der Waals surface area contributed by atoms with Gasteiger partial charge in [-0.2, -0.15) is 5.10 Å². The van der Waals surface area contributed by atoms with Crippen LogP contribution in [-0.4, -0.2) is 22.4 Å². The van der Waals surface area contributed by atoms with Gasteiger partial charge in [-0.3, -0.25) is 9.48 Å². The summed E-state index contributed by atoms with van der Waals surface area (Å²) in [6.07, 6.45) is 6.76. The molecule has 1 rings (SSSR count). The number of esters is 1. The van der Waals surface area contributed by atoms with Crippen LogP contribution in [0.2, 0.25) is 0 Å². The molecule has 0 radical (unpaired) electrons. The Bertz CT molecular complexity index is 336. The summed E-state index contributed by atoms with van der Waals surface area (Å²) >= 11 is 0. The zero-order valence-corrected chi connectivity index (χ0v) is 7.36. The number of carbonyl (C=O) groups is 1. The fourth-order valence-corrected chi connectivity index (χ4v) is 0.866. The summed E-state index contributed by atoms with van der Waals surface area (Å²) in [5, 5.41) is 3.93. The maximum absolute atomic E-state index is 11.0. The molecular formula is C9H10N2O2. The van der Waals surface area contributed by atoms with E-state index in [1.807, 2.05) is 0 Å². The number of ether oxygens (including phenoxy) is 1. The fourth-order valence-electron chi connectivity index (χ4n) is 0.866. The summed E-state index contributed by atoms with van der Waals surface area (Å²) in [6.45, 7) is 2.24. The van der Waals surface area contributed by atoms with Crippen molar-refractivity contribution in [1.82, 2.24) is 9.78 Å². The van der Waals surface area contributed by atoms with E-state index in [4.69, 9.17) is 11.2 Å². The molecule has 0 spiro atoms. The molecule has 4 heteroatoms. The molecule has 1 heterocycles. The molecule has 0 saturated carbocycles. The molecule has 1 aromatic rings. The number of rotatable bonds is 3. The maximum Gasteiger partial charge on any atom is 0.327 e. The normalized spacial score (nSPS) is 9.23. The third-order valence-corrected chi connectivity index (χ3v) is 1.38. The topological polar surface area (TPSA) is 44.1 Å². The Kier molecular flexibility index (Phi) is 3.09. The number of aromatic nitrogens is 2. The van der Waals surface area contributed by atoms with Crippen molar-refractivity contribution < 1.29 is 9.53 Å². The van der Waals surface area contributed by atoms with E-state index in [-0.39, 0.29) is 12.5 Å². The van der Waals surface area contributed by atoms with E-state index in [9.17, 15) is 4.79 Å². The predicted molar refractivity (Wildman–Crippen MR) is 46.8 cm³/mol. The van der Waals surface area contributed by atoms with Gasteiger partial charge in [0.2, 0.25) is 0 Å². The molecule has 0 bridgehead atoms. The van der Waals surface area contributed by atoms with E-state index in [2.05, 4.69) is 11.0 Å². The highest BCUT2D eigenvalue weighted by molar-refractivity contribution is 5.68. The van der Waals surface area contributed by atoms with Crippen LogP contribution in [-0.2, 0) is 16.1 Å². The second-order valence-corrected chi connectivity index (χ2v) is 2.35. The van der Waals surface area contributed by atoms with Gasteiger partial charge in [-0.15, -0.1) is 6.42 Å². The summed E-state index contributed by atoms with van der Waals surface area (Å²) in [5.41, 5.74) is 0.518. The Morgan fingerprint density at radius 2 is 2.62 bits per heavy atom. The molecule has 0 unspecified atom stereocenters. The van der Waals surface area contributed by atoms with Gasteiger partial charge in [0.15, 0.2) is 0 Å². The minimum Gasteiger partial charge on any atom is -0.465 e. The summed E-state index contributed by atoms with van der Waals surface area (Å²) in [7, 11) is 0. The second-order valence-electron chi connectivity index (χ2n) is 2.35. The summed E-state index contributed by atoms with van der Waals surface area (Å²) in [5.74, 6) is 2.06. The SMILES string of the molecule is C#Cc1ccn(CC(=O)OCC)n1. The minimum absolute atomic E-state index is 0.107. The second kappa shape index (κ2) is 4.31. The Balaban J connectivity index is 2.55. The number of nitrogens with zero attached hydrogens (tertiary/aromatic N) is 2. The number of carbonyl (C=O) groups excluding carboxylic acids is 1. The number of hydrogen-bond acceptors (Lipinski definition) is 3. The van der Waals surface area contributed by atoms with Crippen LogP contribution in [0.1, 0.15) is 12.6 Å². The Morgan fingerprint density at radius 1 is 1.85 bits per heavy atom. The Labute approximate surface area is 76.5 Å². The molecule has 1 aromatic heterocycles. The van der Waals surface area contributed by atoms with Crippen LogP contribution >= 0.6 is 0 Å². The van der Waals surface area contributed by atoms with E-state index < -0.39 is 0 Å². The van der Waals surface area contributed by atoms with Crippen molar-refractivity contribution in [3.05, 3.63) is 18.0 Å². The average molecular weight is 178 g/mol. The third kappa shape index (κ3) is 2.64. The molecule has 4 nitrogen and oxygen atoms in total. The van der Waals surface area contributed by atoms with Crippen molar-refractivity contribution in [2.75, 3.05) is 6.61 Å². The summed E-state index contributed by atoms with van der Waals surface area (Å²) in [4.78, 5) is 11.0. The zero-order chi connectivity index (χ0) is 9.68. The maximum atomic E-state index is 11.0. The molecular weight excluding hydrogens is 168 g/mol. The van der Waals surface area contributed by atoms with Crippen LogP contribution in [0, 0.1) is 12.3 Å². The van der Waals surface area contributed by atoms with E-state index in [0.717, 1.165) is 0 Å².